The highest BCUT2D eigenvalue weighted by Gasteiger charge is 2.58. The number of nitrogens with zero attached hydrogens (tertiary/aromatic N) is 4. The number of fused-ring (bicyclic) bond motifs is 1. The molecule has 0 unspecified atom stereocenters. The predicted molar refractivity (Wildman–Crippen MR) is 111 cm³/mol. The number of urea groups is 1. The number of nitrogens with one attached hydrogen (secondary N) is 1. The minimum absolute atomic E-state index is 0.203. The van der Waals surface area contributed by atoms with Crippen LogP contribution in [0.15, 0.2) is 22.7 Å². The van der Waals surface area contributed by atoms with Crippen LogP contribution >= 0.6 is 0 Å². The third-order valence-electron chi connectivity index (χ3n) is 7.09. The number of hydrogen-bond donors (Lipinski definition) is 1. The maximum atomic E-state index is 13.9. The first-order valence-electron chi connectivity index (χ1n) is 10.9. The van der Waals surface area contributed by atoms with Crippen LogP contribution in [0.5, 0.6) is 0 Å². The molecule has 0 saturated carbocycles. The summed E-state index contributed by atoms with van der Waals surface area (Å²) in [5.74, 6) is 1.09. The normalized spacial score (nSPS) is 26.9. The summed E-state index contributed by atoms with van der Waals surface area (Å²) in [5.41, 5.74) is 0.546. The van der Waals surface area contributed by atoms with Gasteiger partial charge in [0.1, 0.15) is 5.82 Å². The second-order valence-corrected chi connectivity index (χ2v) is 9.00. The van der Waals surface area contributed by atoms with Gasteiger partial charge in [0.2, 0.25) is 5.89 Å². The number of likely N-dealkylation sites (tertiary alicyclic amines) is 2. The van der Waals surface area contributed by atoms with Crippen molar-refractivity contribution in [2.75, 3.05) is 44.7 Å². The minimum atomic E-state index is -0.381. The molecule has 3 aliphatic heterocycles. The average Bonchev–Trinajstić information content (AvgIpc) is 3.44. The molecular weight excluding hydrogens is 401 g/mol. The average molecular weight is 429 g/mol. The van der Waals surface area contributed by atoms with E-state index in [1.807, 2.05) is 6.92 Å². The van der Waals surface area contributed by atoms with Gasteiger partial charge in [0, 0.05) is 62.6 Å². The highest BCUT2D eigenvalue weighted by atomic mass is 19.1. The molecule has 3 aliphatic rings. The lowest BCUT2D eigenvalue weighted by Crippen LogP contribution is -2.44. The molecule has 4 heterocycles. The van der Waals surface area contributed by atoms with E-state index in [-0.39, 0.29) is 23.2 Å². The molecule has 9 heteroatoms. The van der Waals surface area contributed by atoms with Crippen LogP contribution in [0.3, 0.4) is 0 Å². The van der Waals surface area contributed by atoms with Crippen LogP contribution in [0.2, 0.25) is 0 Å². The Bertz CT molecular complexity index is 976. The Morgan fingerprint density at radius 1 is 1.23 bits per heavy atom. The van der Waals surface area contributed by atoms with Gasteiger partial charge in [-0.15, -0.1) is 0 Å². The first kappa shape index (κ1) is 20.4. The van der Waals surface area contributed by atoms with Crippen LogP contribution in [-0.4, -0.2) is 71.4 Å². The quantitative estimate of drug-likeness (QED) is 0.808. The number of anilines is 1. The first-order chi connectivity index (χ1) is 15.0. The lowest BCUT2D eigenvalue weighted by molar-refractivity contribution is 0.0378. The summed E-state index contributed by atoms with van der Waals surface area (Å²) in [7, 11) is 0. The van der Waals surface area contributed by atoms with Gasteiger partial charge in [0.25, 0.3) is 0 Å². The van der Waals surface area contributed by atoms with Crippen molar-refractivity contribution >= 4 is 11.7 Å². The molecule has 0 radical (unpaired) electrons. The molecule has 2 amide bonds. The first-order valence-corrected chi connectivity index (χ1v) is 10.9. The fourth-order valence-corrected chi connectivity index (χ4v) is 5.33. The van der Waals surface area contributed by atoms with Gasteiger partial charge >= 0.3 is 6.03 Å². The molecule has 1 N–H and O–H groups in total. The van der Waals surface area contributed by atoms with Crippen LogP contribution < -0.4 is 5.32 Å². The molecule has 166 valence electrons. The summed E-state index contributed by atoms with van der Waals surface area (Å²) in [5, 5.41) is 6.91. The fourth-order valence-electron chi connectivity index (χ4n) is 5.33. The zero-order chi connectivity index (χ0) is 21.6. The Labute approximate surface area is 180 Å². The molecule has 5 rings (SSSR count). The monoisotopic (exact) mass is 429 g/mol. The van der Waals surface area contributed by atoms with Gasteiger partial charge in [0.15, 0.2) is 5.82 Å². The molecule has 1 aromatic carbocycles. The van der Waals surface area contributed by atoms with Gasteiger partial charge in [-0.25, -0.2) is 9.18 Å². The van der Waals surface area contributed by atoms with E-state index in [2.05, 4.69) is 20.4 Å². The number of carbonyl (C=O) groups excluding carboxylic acids is 1. The van der Waals surface area contributed by atoms with E-state index in [1.54, 1.807) is 24.0 Å². The lowest BCUT2D eigenvalue weighted by Gasteiger charge is -2.33. The molecule has 3 saturated heterocycles. The SMILES string of the molecule is Cc1noc([C@]23CN(C(=O)Nc4cccc(F)c4C)C[C@H]2CN(C2CCOCC2)C3)n1. The third-order valence-corrected chi connectivity index (χ3v) is 7.09. The largest absolute Gasteiger partial charge is 0.381 e. The van der Waals surface area contributed by atoms with Crippen LogP contribution in [0.25, 0.3) is 0 Å². The van der Waals surface area contributed by atoms with Crippen LogP contribution in [0.1, 0.15) is 30.1 Å². The Morgan fingerprint density at radius 2 is 2.03 bits per heavy atom. The van der Waals surface area contributed by atoms with Crippen molar-refractivity contribution in [1.29, 1.82) is 0 Å². The molecule has 2 atom stereocenters. The summed E-state index contributed by atoms with van der Waals surface area (Å²) in [4.78, 5) is 22.0. The highest BCUT2D eigenvalue weighted by Crippen LogP contribution is 2.45. The van der Waals surface area contributed by atoms with Gasteiger partial charge in [-0.05, 0) is 38.8 Å². The number of aryl methyl sites for hydroxylation is 1. The predicted octanol–water partition coefficient (Wildman–Crippen LogP) is 2.72. The van der Waals surface area contributed by atoms with Crippen molar-refractivity contribution in [1.82, 2.24) is 19.9 Å². The van der Waals surface area contributed by atoms with Gasteiger partial charge in [-0.1, -0.05) is 11.2 Å². The number of aromatic nitrogens is 2. The molecule has 1 aromatic heterocycles. The molecule has 0 spiro atoms. The third kappa shape index (κ3) is 3.59. The van der Waals surface area contributed by atoms with Crippen molar-refractivity contribution in [2.45, 2.75) is 38.1 Å². The second-order valence-electron chi connectivity index (χ2n) is 9.00. The van der Waals surface area contributed by atoms with Gasteiger partial charge in [-0.2, -0.15) is 4.98 Å². The van der Waals surface area contributed by atoms with E-state index in [4.69, 9.17) is 9.26 Å². The van der Waals surface area contributed by atoms with Gasteiger partial charge in [0.05, 0.1) is 5.41 Å². The highest BCUT2D eigenvalue weighted by molar-refractivity contribution is 5.90. The van der Waals surface area contributed by atoms with Gasteiger partial charge < -0.3 is 19.5 Å². The number of ether oxygens (including phenoxy) is 1. The van der Waals surface area contributed by atoms with E-state index in [0.717, 1.165) is 39.1 Å². The summed E-state index contributed by atoms with van der Waals surface area (Å²) in [6.07, 6.45) is 2.05. The van der Waals surface area contributed by atoms with E-state index in [0.29, 0.717) is 42.1 Å². The number of carbonyl (C=O) groups is 1. The molecule has 3 fully saturated rings. The molecule has 2 aromatic rings. The van der Waals surface area contributed by atoms with Crippen molar-refractivity contribution in [2.24, 2.45) is 5.92 Å². The fraction of sp³-hybridized carbons (Fsp3) is 0.591. The zero-order valence-corrected chi connectivity index (χ0v) is 17.9. The summed E-state index contributed by atoms with van der Waals surface area (Å²) >= 11 is 0. The zero-order valence-electron chi connectivity index (χ0n) is 17.9. The lowest BCUT2D eigenvalue weighted by atomic mass is 9.81. The molecule has 8 nitrogen and oxygen atoms in total. The molecule has 31 heavy (non-hydrogen) atoms. The number of rotatable bonds is 3. The Balaban J connectivity index is 1.37. The van der Waals surface area contributed by atoms with Gasteiger partial charge in [-0.3, -0.25) is 4.90 Å². The molecule has 0 bridgehead atoms. The van der Waals surface area contributed by atoms with Crippen LogP contribution in [0, 0.1) is 25.6 Å². The van der Waals surface area contributed by atoms with E-state index in [9.17, 15) is 9.18 Å². The number of benzene rings is 1. The molecular formula is C22H28FN5O3. The van der Waals surface area contributed by atoms with Crippen molar-refractivity contribution in [3.8, 4) is 0 Å². The second kappa shape index (κ2) is 7.87. The maximum Gasteiger partial charge on any atom is 0.321 e. The van der Waals surface area contributed by atoms with E-state index < -0.39 is 0 Å². The van der Waals surface area contributed by atoms with Crippen molar-refractivity contribution in [3.63, 3.8) is 0 Å². The Kier molecular flexibility index (Phi) is 5.18. The number of hydrogen-bond acceptors (Lipinski definition) is 6. The van der Waals surface area contributed by atoms with Crippen LogP contribution in [-0.2, 0) is 10.2 Å². The summed E-state index contributed by atoms with van der Waals surface area (Å²) < 4.78 is 25.1. The maximum absolute atomic E-state index is 13.9. The van der Waals surface area contributed by atoms with Crippen molar-refractivity contribution < 1.29 is 18.4 Å². The minimum Gasteiger partial charge on any atom is -0.381 e. The van der Waals surface area contributed by atoms with Crippen molar-refractivity contribution in [3.05, 3.63) is 41.3 Å². The topological polar surface area (TPSA) is 83.7 Å². The Hall–Kier alpha value is -2.52. The summed E-state index contributed by atoms with van der Waals surface area (Å²) in [6, 6.07) is 4.97. The molecule has 0 aliphatic carbocycles. The van der Waals surface area contributed by atoms with Crippen LogP contribution in [0.4, 0.5) is 14.9 Å². The van der Waals surface area contributed by atoms with E-state index in [1.165, 1.54) is 6.07 Å². The smallest absolute Gasteiger partial charge is 0.321 e. The summed E-state index contributed by atoms with van der Waals surface area (Å²) in [6.45, 7) is 7.83. The standard InChI is InChI=1S/C22H28FN5O3/c1-14-18(23)4-3-5-19(14)25-21(29)28-11-16-10-27(17-6-8-30-9-7-17)12-22(16,13-28)20-24-15(2)26-31-20/h3-5,16-17H,6-13H2,1-2H3,(H,25,29)/t16-,22-/m1/s1. The number of amides is 2. The number of halogens is 1. The Morgan fingerprint density at radius 3 is 2.77 bits per heavy atom. The van der Waals surface area contributed by atoms with E-state index >= 15 is 0 Å².